The number of carbonyl (C=O) groups excluding carboxylic acids is 1. The molecule has 2 aromatic carbocycles. The van der Waals surface area contributed by atoms with Gasteiger partial charge in [0.25, 0.3) is 0 Å². The molecule has 0 aliphatic carbocycles. The maximum Gasteiger partial charge on any atom is 0.355 e. The van der Waals surface area contributed by atoms with Gasteiger partial charge >= 0.3 is 5.97 Å². The molecule has 0 saturated heterocycles. The SMILES string of the molecule is O=C(OCc1ccccc1)c1cc2ccccc2[nH]1.[H]. The Balaban J connectivity index is 0.00000147. The van der Waals surface area contributed by atoms with Gasteiger partial charge in [0, 0.05) is 12.3 Å². The Hall–Kier alpha value is -2.55. The van der Waals surface area contributed by atoms with Gasteiger partial charge in [0.2, 0.25) is 0 Å². The number of hydrogen-bond donors (Lipinski definition) is 1. The Kier molecular flexibility index (Phi) is 3.02. The molecule has 0 spiro atoms. The highest BCUT2D eigenvalue weighted by Crippen LogP contribution is 2.15. The van der Waals surface area contributed by atoms with E-state index in [9.17, 15) is 4.79 Å². The molecule has 1 N–H and O–H groups in total. The lowest BCUT2D eigenvalue weighted by Gasteiger charge is -2.02. The summed E-state index contributed by atoms with van der Waals surface area (Å²) >= 11 is 0. The van der Waals surface area contributed by atoms with Gasteiger partial charge in [0.1, 0.15) is 12.3 Å². The highest BCUT2D eigenvalue weighted by molar-refractivity contribution is 5.94. The van der Waals surface area contributed by atoms with Crippen molar-refractivity contribution in [3.05, 3.63) is 71.9 Å². The molecule has 3 heteroatoms. The molecule has 1 radical (unpaired) electrons. The van der Waals surface area contributed by atoms with Gasteiger partial charge in [0.15, 0.2) is 0 Å². The summed E-state index contributed by atoms with van der Waals surface area (Å²) in [6, 6.07) is 19.2. The first-order chi connectivity index (χ1) is 9.33. The molecule has 1 aromatic heterocycles. The zero-order chi connectivity index (χ0) is 13.1. The van der Waals surface area contributed by atoms with E-state index in [2.05, 4.69) is 4.98 Å². The number of para-hydroxylation sites is 1. The van der Waals surface area contributed by atoms with Gasteiger partial charge < -0.3 is 9.72 Å². The number of ether oxygens (including phenoxy) is 1. The number of nitrogens with one attached hydrogen (secondary N) is 1. The Morgan fingerprint density at radius 1 is 1.05 bits per heavy atom. The van der Waals surface area contributed by atoms with E-state index < -0.39 is 0 Å². The smallest absolute Gasteiger partial charge is 0.355 e. The van der Waals surface area contributed by atoms with E-state index in [1.54, 1.807) is 0 Å². The molecule has 0 saturated carbocycles. The van der Waals surface area contributed by atoms with Crippen LogP contribution in [-0.2, 0) is 11.3 Å². The second-order valence-corrected chi connectivity index (χ2v) is 4.33. The predicted molar refractivity (Wildman–Crippen MR) is 75.0 cm³/mol. The van der Waals surface area contributed by atoms with Crippen LogP contribution in [0.25, 0.3) is 10.9 Å². The number of esters is 1. The number of rotatable bonds is 3. The summed E-state index contributed by atoms with van der Waals surface area (Å²) < 4.78 is 5.27. The number of benzene rings is 2. The van der Waals surface area contributed by atoms with Crippen LogP contribution in [0.1, 0.15) is 17.5 Å². The van der Waals surface area contributed by atoms with Crippen LogP contribution < -0.4 is 0 Å². The highest BCUT2D eigenvalue weighted by Gasteiger charge is 2.10. The standard InChI is InChI=1S/C16H13NO2.H/c18-16(19-11-12-6-2-1-3-7-12)15-10-13-8-4-5-9-14(13)17-15;/h1-10,17H,11H2;. The largest absolute Gasteiger partial charge is 0.456 e. The van der Waals surface area contributed by atoms with Crippen LogP contribution in [0.4, 0.5) is 0 Å². The summed E-state index contributed by atoms with van der Waals surface area (Å²) in [5, 5.41) is 1.01. The fourth-order valence-electron chi connectivity index (χ4n) is 1.98. The zero-order valence-electron chi connectivity index (χ0n) is 11.3. The highest BCUT2D eigenvalue weighted by atomic mass is 16.5. The first-order valence-corrected chi connectivity index (χ1v) is 6.12. The molecule has 0 amide bonds. The van der Waals surface area contributed by atoms with E-state index in [1.807, 2.05) is 60.7 Å². The molecule has 3 nitrogen and oxygen atoms in total. The maximum absolute atomic E-state index is 11.9. The van der Waals surface area contributed by atoms with E-state index in [0.717, 1.165) is 16.5 Å². The average molecular weight is 252 g/mol. The number of aromatic amines is 1. The fourth-order valence-corrected chi connectivity index (χ4v) is 1.98. The number of fused-ring (bicyclic) bond motifs is 1. The van der Waals surface area contributed by atoms with Crippen molar-refractivity contribution in [2.75, 3.05) is 0 Å². The second-order valence-electron chi connectivity index (χ2n) is 4.33. The molecule has 1 heterocycles. The molecule has 95 valence electrons. The van der Waals surface area contributed by atoms with E-state index in [-0.39, 0.29) is 14.0 Å². The summed E-state index contributed by atoms with van der Waals surface area (Å²) in [5.74, 6) is -0.333. The van der Waals surface area contributed by atoms with Crippen LogP contribution in [0.15, 0.2) is 60.7 Å². The van der Waals surface area contributed by atoms with Crippen molar-refractivity contribution < 1.29 is 11.0 Å². The normalized spacial score (nSPS) is 10.5. The van der Waals surface area contributed by atoms with Gasteiger partial charge in [-0.15, -0.1) is 0 Å². The van der Waals surface area contributed by atoms with Crippen LogP contribution in [-0.4, -0.2) is 11.0 Å². The van der Waals surface area contributed by atoms with E-state index in [1.165, 1.54) is 0 Å². The minimum absolute atomic E-state index is 0. The Morgan fingerprint density at radius 3 is 2.58 bits per heavy atom. The third-order valence-corrected chi connectivity index (χ3v) is 2.96. The Bertz CT molecular complexity index is 674. The van der Waals surface area contributed by atoms with Gasteiger partial charge in [-0.3, -0.25) is 0 Å². The summed E-state index contributed by atoms with van der Waals surface area (Å²) in [5.41, 5.74) is 2.40. The van der Waals surface area contributed by atoms with Gasteiger partial charge in [-0.25, -0.2) is 4.79 Å². The summed E-state index contributed by atoms with van der Waals surface area (Å²) in [6.07, 6.45) is 0. The van der Waals surface area contributed by atoms with Crippen LogP contribution in [0, 0.1) is 0 Å². The molecule has 0 unspecified atom stereocenters. The first-order valence-electron chi connectivity index (χ1n) is 6.12. The van der Waals surface area contributed by atoms with E-state index >= 15 is 0 Å². The minimum atomic E-state index is -0.333. The lowest BCUT2D eigenvalue weighted by atomic mass is 10.2. The lowest BCUT2D eigenvalue weighted by Crippen LogP contribution is -2.05. The van der Waals surface area contributed by atoms with Crippen LogP contribution in [0.5, 0.6) is 0 Å². The molecular formula is C16H14NO2. The van der Waals surface area contributed by atoms with Crippen molar-refractivity contribution in [3.63, 3.8) is 0 Å². The van der Waals surface area contributed by atoms with Crippen molar-refractivity contribution in [1.82, 2.24) is 4.98 Å². The molecule has 19 heavy (non-hydrogen) atoms. The van der Waals surface area contributed by atoms with E-state index in [4.69, 9.17) is 4.74 Å². The third-order valence-electron chi connectivity index (χ3n) is 2.96. The summed E-state index contributed by atoms with van der Waals surface area (Å²) in [7, 11) is 0. The molecule has 0 fully saturated rings. The second kappa shape index (κ2) is 4.98. The maximum atomic E-state index is 11.9. The third kappa shape index (κ3) is 2.50. The lowest BCUT2D eigenvalue weighted by molar-refractivity contribution is 0.0467. The Labute approximate surface area is 112 Å². The Morgan fingerprint density at radius 2 is 1.79 bits per heavy atom. The van der Waals surface area contributed by atoms with Gasteiger partial charge in [-0.2, -0.15) is 0 Å². The molecular weight excluding hydrogens is 238 g/mol. The fraction of sp³-hybridized carbons (Fsp3) is 0.0625. The number of H-pyrrole nitrogens is 1. The van der Waals surface area contributed by atoms with Crippen LogP contribution in [0.3, 0.4) is 0 Å². The molecule has 0 atom stereocenters. The molecule has 3 rings (SSSR count). The number of aromatic nitrogens is 1. The monoisotopic (exact) mass is 252 g/mol. The van der Waals surface area contributed by atoms with Crippen molar-refractivity contribution in [3.8, 4) is 0 Å². The van der Waals surface area contributed by atoms with Gasteiger partial charge in [-0.1, -0.05) is 48.5 Å². The molecule has 0 bridgehead atoms. The number of hydrogen-bond acceptors (Lipinski definition) is 2. The van der Waals surface area contributed by atoms with Gasteiger partial charge in [-0.05, 0) is 17.7 Å². The van der Waals surface area contributed by atoms with Crippen LogP contribution in [0.2, 0.25) is 0 Å². The van der Waals surface area contributed by atoms with Crippen molar-refractivity contribution in [2.45, 2.75) is 6.61 Å². The quantitative estimate of drug-likeness (QED) is 0.723. The number of carbonyl (C=O) groups is 1. The average Bonchev–Trinajstić information content (AvgIpc) is 2.90. The predicted octanol–water partition coefficient (Wildman–Crippen LogP) is 3.64. The minimum Gasteiger partial charge on any atom is -0.456 e. The van der Waals surface area contributed by atoms with Crippen LogP contribution >= 0.6 is 0 Å². The van der Waals surface area contributed by atoms with E-state index in [0.29, 0.717) is 5.69 Å². The summed E-state index contributed by atoms with van der Waals surface area (Å²) in [4.78, 5) is 15.0. The molecule has 0 aliphatic rings. The van der Waals surface area contributed by atoms with Crippen molar-refractivity contribution in [2.24, 2.45) is 0 Å². The van der Waals surface area contributed by atoms with Crippen molar-refractivity contribution >= 4 is 16.9 Å². The summed E-state index contributed by atoms with van der Waals surface area (Å²) in [6.45, 7) is 0.287. The van der Waals surface area contributed by atoms with Gasteiger partial charge in [0.05, 0.1) is 0 Å². The van der Waals surface area contributed by atoms with Crippen molar-refractivity contribution in [1.29, 1.82) is 0 Å². The first kappa shape index (κ1) is 11.5. The molecule has 3 aromatic rings. The molecule has 0 aliphatic heterocycles. The zero-order valence-corrected chi connectivity index (χ0v) is 10.3. The topological polar surface area (TPSA) is 42.1 Å².